The van der Waals surface area contributed by atoms with Gasteiger partial charge in [0.15, 0.2) is 0 Å². The Balaban J connectivity index is 2.64. The number of halogens is 1. The number of carbonyl (C=O) groups excluding carboxylic acids is 1. The molecule has 0 aliphatic rings. The van der Waals surface area contributed by atoms with Crippen molar-refractivity contribution >= 4 is 23.1 Å². The van der Waals surface area contributed by atoms with Crippen LogP contribution in [0.4, 0.5) is 4.39 Å². The molecule has 0 bridgehead atoms. The van der Waals surface area contributed by atoms with Crippen LogP contribution < -0.4 is 11.1 Å². The molecule has 1 atom stereocenters. The van der Waals surface area contributed by atoms with E-state index in [1.165, 1.54) is 18.2 Å². The van der Waals surface area contributed by atoms with Crippen LogP contribution in [0.5, 0.6) is 0 Å². The van der Waals surface area contributed by atoms with Gasteiger partial charge in [0.25, 0.3) is 5.91 Å². The van der Waals surface area contributed by atoms with Gasteiger partial charge in [0.1, 0.15) is 5.82 Å². The number of thiocarbonyl (C=S) groups is 1. The molecule has 1 aromatic rings. The lowest BCUT2D eigenvalue weighted by molar-refractivity contribution is 0.0951. The summed E-state index contributed by atoms with van der Waals surface area (Å²) in [5.41, 5.74) is 6.31. The Morgan fingerprint density at radius 3 is 2.76 bits per heavy atom. The lowest BCUT2D eigenvalue weighted by Gasteiger charge is -2.11. The van der Waals surface area contributed by atoms with Crippen molar-refractivity contribution in [3.63, 3.8) is 0 Å². The number of carbonyl (C=O) groups is 1. The molecule has 3 nitrogen and oxygen atoms in total. The minimum atomic E-state index is -0.321. The standard InChI is InChI=1S/C12H15FN2OS/c1-7-5-9(3-4-10(7)13)12(16)15-6-8(2)11(14)17/h3-5,8H,6H2,1-2H3,(H2,14,17)(H,15,16). The zero-order valence-corrected chi connectivity index (χ0v) is 10.6. The average molecular weight is 254 g/mol. The fourth-order valence-corrected chi connectivity index (χ4v) is 1.32. The van der Waals surface area contributed by atoms with Gasteiger partial charge in [-0.1, -0.05) is 19.1 Å². The summed E-state index contributed by atoms with van der Waals surface area (Å²) in [6, 6.07) is 4.24. The highest BCUT2D eigenvalue weighted by Crippen LogP contribution is 2.09. The summed E-state index contributed by atoms with van der Waals surface area (Å²) < 4.78 is 13.0. The monoisotopic (exact) mass is 254 g/mol. The molecule has 92 valence electrons. The predicted octanol–water partition coefficient (Wildman–Crippen LogP) is 1.79. The highest BCUT2D eigenvalue weighted by Gasteiger charge is 2.10. The lowest BCUT2D eigenvalue weighted by atomic mass is 10.1. The second kappa shape index (κ2) is 5.72. The normalized spacial score (nSPS) is 11.9. The first kappa shape index (κ1) is 13.6. The fourth-order valence-electron chi connectivity index (χ4n) is 1.23. The number of nitrogens with one attached hydrogen (secondary N) is 1. The molecule has 0 heterocycles. The van der Waals surface area contributed by atoms with E-state index in [9.17, 15) is 9.18 Å². The third-order valence-corrected chi connectivity index (χ3v) is 2.88. The second-order valence-corrected chi connectivity index (χ2v) is 4.45. The van der Waals surface area contributed by atoms with E-state index in [0.717, 1.165) is 0 Å². The minimum absolute atomic E-state index is 0.0597. The van der Waals surface area contributed by atoms with E-state index < -0.39 is 0 Å². The van der Waals surface area contributed by atoms with Gasteiger partial charge in [-0.25, -0.2) is 4.39 Å². The summed E-state index contributed by atoms with van der Waals surface area (Å²) in [5.74, 6) is -0.634. The highest BCUT2D eigenvalue weighted by molar-refractivity contribution is 7.80. The van der Waals surface area contributed by atoms with Crippen LogP contribution >= 0.6 is 12.2 Å². The molecule has 5 heteroatoms. The Hall–Kier alpha value is -1.49. The van der Waals surface area contributed by atoms with Gasteiger partial charge in [-0.05, 0) is 30.7 Å². The molecule has 0 saturated carbocycles. The van der Waals surface area contributed by atoms with Gasteiger partial charge in [0.05, 0.1) is 4.99 Å². The van der Waals surface area contributed by atoms with Crippen molar-refractivity contribution in [2.24, 2.45) is 11.7 Å². The maximum Gasteiger partial charge on any atom is 0.251 e. The van der Waals surface area contributed by atoms with Crippen molar-refractivity contribution in [1.82, 2.24) is 5.32 Å². The Kier molecular flexibility index (Phi) is 4.57. The molecular formula is C12H15FN2OS. The fraction of sp³-hybridized carbons (Fsp3) is 0.333. The average Bonchev–Trinajstić information content (AvgIpc) is 2.28. The van der Waals surface area contributed by atoms with Gasteiger partial charge in [-0.2, -0.15) is 0 Å². The summed E-state index contributed by atoms with van der Waals surface area (Å²) in [6.07, 6.45) is 0. The van der Waals surface area contributed by atoms with Crippen molar-refractivity contribution in [1.29, 1.82) is 0 Å². The first-order valence-electron chi connectivity index (χ1n) is 5.25. The topological polar surface area (TPSA) is 55.1 Å². The molecule has 0 aromatic heterocycles. The van der Waals surface area contributed by atoms with Gasteiger partial charge in [-0.3, -0.25) is 4.79 Å². The molecule has 0 radical (unpaired) electrons. The highest BCUT2D eigenvalue weighted by atomic mass is 32.1. The first-order valence-corrected chi connectivity index (χ1v) is 5.66. The molecule has 0 aliphatic heterocycles. The molecule has 3 N–H and O–H groups in total. The van der Waals surface area contributed by atoms with E-state index in [4.69, 9.17) is 18.0 Å². The molecule has 0 fully saturated rings. The SMILES string of the molecule is Cc1cc(C(=O)NCC(C)C(N)=S)ccc1F. The molecule has 1 rings (SSSR count). The maximum atomic E-state index is 13.0. The van der Waals surface area contributed by atoms with Crippen molar-refractivity contribution in [3.8, 4) is 0 Å². The second-order valence-electron chi connectivity index (χ2n) is 3.98. The van der Waals surface area contributed by atoms with Crippen LogP contribution in [0.3, 0.4) is 0 Å². The molecule has 1 amide bonds. The van der Waals surface area contributed by atoms with E-state index in [1.54, 1.807) is 6.92 Å². The largest absolute Gasteiger partial charge is 0.393 e. The molecule has 0 saturated heterocycles. The minimum Gasteiger partial charge on any atom is -0.393 e. The number of rotatable bonds is 4. The van der Waals surface area contributed by atoms with Gasteiger partial charge < -0.3 is 11.1 Å². The number of benzene rings is 1. The lowest BCUT2D eigenvalue weighted by Crippen LogP contribution is -2.33. The molecule has 1 aromatic carbocycles. The van der Waals surface area contributed by atoms with E-state index >= 15 is 0 Å². The van der Waals surface area contributed by atoms with Crippen molar-refractivity contribution in [3.05, 3.63) is 35.1 Å². The predicted molar refractivity (Wildman–Crippen MR) is 69.4 cm³/mol. The van der Waals surface area contributed by atoms with Crippen LogP contribution in [0, 0.1) is 18.7 Å². The zero-order chi connectivity index (χ0) is 13.0. The number of hydrogen-bond acceptors (Lipinski definition) is 2. The van der Waals surface area contributed by atoms with Gasteiger partial charge in [0.2, 0.25) is 0 Å². The Bertz CT molecular complexity index is 448. The molecule has 0 aliphatic carbocycles. The summed E-state index contributed by atoms with van der Waals surface area (Å²) in [7, 11) is 0. The number of nitrogens with two attached hydrogens (primary N) is 1. The van der Waals surface area contributed by atoms with E-state index in [0.29, 0.717) is 22.7 Å². The molecule has 17 heavy (non-hydrogen) atoms. The summed E-state index contributed by atoms with van der Waals surface area (Å²) in [6.45, 7) is 3.83. The Morgan fingerprint density at radius 2 is 2.24 bits per heavy atom. The molecular weight excluding hydrogens is 239 g/mol. The van der Waals surface area contributed by atoms with Crippen molar-refractivity contribution in [2.45, 2.75) is 13.8 Å². The Morgan fingerprint density at radius 1 is 1.59 bits per heavy atom. The van der Waals surface area contributed by atoms with Crippen LogP contribution in [-0.2, 0) is 0 Å². The Labute approximate surface area is 105 Å². The van der Waals surface area contributed by atoms with Gasteiger partial charge in [-0.15, -0.1) is 0 Å². The number of amides is 1. The van der Waals surface area contributed by atoms with Crippen LogP contribution in [0.25, 0.3) is 0 Å². The van der Waals surface area contributed by atoms with Crippen LogP contribution in [0.2, 0.25) is 0 Å². The third-order valence-electron chi connectivity index (χ3n) is 2.47. The summed E-state index contributed by atoms with van der Waals surface area (Å²) in [5, 5.41) is 2.70. The van der Waals surface area contributed by atoms with Gasteiger partial charge >= 0.3 is 0 Å². The van der Waals surface area contributed by atoms with Crippen molar-refractivity contribution < 1.29 is 9.18 Å². The number of aryl methyl sites for hydroxylation is 1. The third kappa shape index (κ3) is 3.78. The van der Waals surface area contributed by atoms with Gasteiger partial charge in [0, 0.05) is 18.0 Å². The van der Waals surface area contributed by atoms with E-state index in [-0.39, 0.29) is 17.6 Å². The molecule has 0 spiro atoms. The summed E-state index contributed by atoms with van der Waals surface area (Å²) in [4.78, 5) is 12.1. The van der Waals surface area contributed by atoms with Crippen LogP contribution in [0.1, 0.15) is 22.8 Å². The van der Waals surface area contributed by atoms with E-state index in [2.05, 4.69) is 5.32 Å². The quantitative estimate of drug-likeness (QED) is 0.805. The van der Waals surface area contributed by atoms with Crippen molar-refractivity contribution in [2.75, 3.05) is 6.54 Å². The van der Waals surface area contributed by atoms with Crippen LogP contribution in [0.15, 0.2) is 18.2 Å². The smallest absolute Gasteiger partial charge is 0.251 e. The number of hydrogen-bond donors (Lipinski definition) is 2. The maximum absolute atomic E-state index is 13.0. The van der Waals surface area contributed by atoms with E-state index in [1.807, 2.05) is 6.92 Å². The van der Waals surface area contributed by atoms with Crippen LogP contribution in [-0.4, -0.2) is 17.4 Å². The zero-order valence-electron chi connectivity index (χ0n) is 9.79. The summed E-state index contributed by atoms with van der Waals surface area (Å²) >= 11 is 4.80. The molecule has 1 unspecified atom stereocenters. The first-order chi connectivity index (χ1) is 7.91.